The number of hydrogen-bond donors (Lipinski definition) is 2. The number of carbonyl (C=O) groups excluding carboxylic acids is 2. The van der Waals surface area contributed by atoms with Gasteiger partial charge in [-0.2, -0.15) is 5.10 Å². The summed E-state index contributed by atoms with van der Waals surface area (Å²) in [5.74, 6) is 0.397. The van der Waals surface area contributed by atoms with E-state index in [2.05, 4.69) is 15.4 Å². The molecule has 1 atom stereocenters. The van der Waals surface area contributed by atoms with Gasteiger partial charge in [0.15, 0.2) is 0 Å². The van der Waals surface area contributed by atoms with E-state index in [1.807, 2.05) is 0 Å². The van der Waals surface area contributed by atoms with Crippen LogP contribution in [0.25, 0.3) is 0 Å². The van der Waals surface area contributed by atoms with E-state index in [1.54, 1.807) is 55.1 Å². The minimum Gasteiger partial charge on any atom is -0.386 e. The van der Waals surface area contributed by atoms with Crippen molar-refractivity contribution in [1.29, 1.82) is 0 Å². The van der Waals surface area contributed by atoms with Crippen LogP contribution in [0.15, 0.2) is 24.4 Å². The van der Waals surface area contributed by atoms with Gasteiger partial charge in [0.25, 0.3) is 5.91 Å². The standard InChI is InChI=1S/C18H24N6O3/c1-19-16-8-12(4-5-20-16)18(27)23-6-7-24-13(11-23)9-14(21-24)15(25)10-17(26)22(2)3/h4-5,8-9,15,25H,6-7,10-11H2,1-3H3,(H,19,20)/t15-/m1/s1. The number of amides is 2. The molecule has 1 aliphatic heterocycles. The zero-order valence-electron chi connectivity index (χ0n) is 15.7. The third kappa shape index (κ3) is 4.08. The smallest absolute Gasteiger partial charge is 0.254 e. The van der Waals surface area contributed by atoms with Gasteiger partial charge in [-0.05, 0) is 18.2 Å². The number of fused-ring (bicyclic) bond motifs is 1. The number of aliphatic hydroxyl groups excluding tert-OH is 1. The highest BCUT2D eigenvalue weighted by Gasteiger charge is 2.26. The number of rotatable bonds is 5. The second kappa shape index (κ2) is 7.75. The van der Waals surface area contributed by atoms with Crippen LogP contribution in [0.3, 0.4) is 0 Å². The minimum absolute atomic E-state index is 0.0179. The van der Waals surface area contributed by atoms with E-state index in [9.17, 15) is 14.7 Å². The van der Waals surface area contributed by atoms with Gasteiger partial charge in [-0.1, -0.05) is 0 Å². The molecule has 9 nitrogen and oxygen atoms in total. The molecule has 1 aliphatic rings. The Morgan fingerprint density at radius 3 is 2.81 bits per heavy atom. The molecule has 0 saturated carbocycles. The minimum atomic E-state index is -0.958. The molecule has 2 aromatic rings. The zero-order valence-corrected chi connectivity index (χ0v) is 15.7. The molecule has 0 aliphatic carbocycles. The van der Waals surface area contributed by atoms with Crippen molar-refractivity contribution in [1.82, 2.24) is 24.6 Å². The lowest BCUT2D eigenvalue weighted by molar-refractivity contribution is -0.130. The third-order valence-corrected chi connectivity index (χ3v) is 4.58. The highest BCUT2D eigenvalue weighted by molar-refractivity contribution is 5.94. The summed E-state index contributed by atoms with van der Waals surface area (Å²) in [7, 11) is 5.05. The van der Waals surface area contributed by atoms with Gasteiger partial charge in [0.2, 0.25) is 5.91 Å². The summed E-state index contributed by atoms with van der Waals surface area (Å²) >= 11 is 0. The summed E-state index contributed by atoms with van der Waals surface area (Å²) in [5.41, 5.74) is 1.86. The van der Waals surface area contributed by atoms with Crippen LogP contribution in [0, 0.1) is 0 Å². The molecule has 144 valence electrons. The lowest BCUT2D eigenvalue weighted by Crippen LogP contribution is -2.38. The van der Waals surface area contributed by atoms with Crippen molar-refractivity contribution in [3.8, 4) is 0 Å². The van der Waals surface area contributed by atoms with Crippen molar-refractivity contribution in [2.45, 2.75) is 25.6 Å². The van der Waals surface area contributed by atoms with Crippen LogP contribution in [0.2, 0.25) is 0 Å². The summed E-state index contributed by atoms with van der Waals surface area (Å²) in [6.45, 7) is 1.47. The fourth-order valence-corrected chi connectivity index (χ4v) is 2.96. The molecule has 0 spiro atoms. The summed E-state index contributed by atoms with van der Waals surface area (Å²) in [4.78, 5) is 31.9. The molecule has 2 aromatic heterocycles. The molecule has 2 N–H and O–H groups in total. The van der Waals surface area contributed by atoms with Crippen molar-refractivity contribution in [2.24, 2.45) is 0 Å². The molecule has 0 aromatic carbocycles. The van der Waals surface area contributed by atoms with Gasteiger partial charge in [0, 0.05) is 39.4 Å². The van der Waals surface area contributed by atoms with Gasteiger partial charge >= 0.3 is 0 Å². The Morgan fingerprint density at radius 1 is 1.33 bits per heavy atom. The molecule has 2 amide bonds. The Bertz CT molecular complexity index is 847. The highest BCUT2D eigenvalue weighted by Crippen LogP contribution is 2.22. The average Bonchev–Trinajstić information content (AvgIpc) is 3.10. The van der Waals surface area contributed by atoms with Gasteiger partial charge in [-0.3, -0.25) is 14.3 Å². The molecule has 3 rings (SSSR count). The molecule has 9 heteroatoms. The SMILES string of the molecule is CNc1cc(C(=O)N2CCn3nc([C@H](O)CC(=O)N(C)C)cc3C2)ccn1. The van der Waals surface area contributed by atoms with E-state index in [-0.39, 0.29) is 18.2 Å². The monoisotopic (exact) mass is 372 g/mol. The van der Waals surface area contributed by atoms with E-state index in [4.69, 9.17) is 0 Å². The van der Waals surface area contributed by atoms with Crippen molar-refractivity contribution in [2.75, 3.05) is 33.0 Å². The van der Waals surface area contributed by atoms with Gasteiger partial charge < -0.3 is 20.2 Å². The molecular weight excluding hydrogens is 348 g/mol. The maximum absolute atomic E-state index is 12.8. The van der Waals surface area contributed by atoms with E-state index < -0.39 is 6.10 Å². The van der Waals surface area contributed by atoms with Crippen LogP contribution in [0.4, 0.5) is 5.82 Å². The third-order valence-electron chi connectivity index (χ3n) is 4.58. The molecule has 0 unspecified atom stereocenters. The van der Waals surface area contributed by atoms with Crippen LogP contribution in [-0.2, 0) is 17.9 Å². The summed E-state index contributed by atoms with van der Waals surface area (Å²) in [6.07, 6.45) is 0.625. The van der Waals surface area contributed by atoms with Crippen molar-refractivity contribution in [3.05, 3.63) is 41.3 Å². The molecular formula is C18H24N6O3. The number of nitrogens with zero attached hydrogens (tertiary/aromatic N) is 5. The van der Waals surface area contributed by atoms with Crippen LogP contribution in [0.1, 0.15) is 34.3 Å². The number of aliphatic hydroxyl groups is 1. The quantitative estimate of drug-likeness (QED) is 0.792. The zero-order chi connectivity index (χ0) is 19.6. The van der Waals surface area contributed by atoms with Crippen LogP contribution < -0.4 is 5.32 Å². The normalized spacial score (nSPS) is 14.4. The predicted octanol–water partition coefficient (Wildman–Crippen LogP) is 0.487. The Kier molecular flexibility index (Phi) is 5.41. The van der Waals surface area contributed by atoms with Crippen molar-refractivity contribution in [3.63, 3.8) is 0 Å². The Morgan fingerprint density at radius 2 is 2.11 bits per heavy atom. The summed E-state index contributed by atoms with van der Waals surface area (Å²) in [5, 5.41) is 17.6. The number of anilines is 1. The predicted molar refractivity (Wildman–Crippen MR) is 99.0 cm³/mol. The number of pyridine rings is 1. The Balaban J connectivity index is 1.72. The lowest BCUT2D eigenvalue weighted by atomic mass is 10.1. The van der Waals surface area contributed by atoms with Crippen LogP contribution in [-0.4, -0.2) is 69.2 Å². The van der Waals surface area contributed by atoms with Gasteiger partial charge in [0.05, 0.1) is 30.9 Å². The van der Waals surface area contributed by atoms with E-state index >= 15 is 0 Å². The van der Waals surface area contributed by atoms with E-state index in [1.165, 1.54) is 4.90 Å². The van der Waals surface area contributed by atoms with E-state index in [0.717, 1.165) is 5.69 Å². The van der Waals surface area contributed by atoms with E-state index in [0.29, 0.717) is 36.7 Å². The Labute approximate surface area is 157 Å². The fourth-order valence-electron chi connectivity index (χ4n) is 2.96. The number of hydrogen-bond acceptors (Lipinski definition) is 6. The number of aromatic nitrogens is 3. The first-order valence-electron chi connectivity index (χ1n) is 8.77. The fraction of sp³-hybridized carbons (Fsp3) is 0.444. The highest BCUT2D eigenvalue weighted by atomic mass is 16.3. The van der Waals surface area contributed by atoms with Crippen molar-refractivity contribution >= 4 is 17.6 Å². The van der Waals surface area contributed by atoms with Crippen LogP contribution in [0.5, 0.6) is 0 Å². The molecule has 0 bridgehead atoms. The van der Waals surface area contributed by atoms with Gasteiger partial charge in [-0.25, -0.2) is 4.98 Å². The first-order valence-corrected chi connectivity index (χ1v) is 8.77. The average molecular weight is 372 g/mol. The van der Waals surface area contributed by atoms with Crippen LogP contribution >= 0.6 is 0 Å². The van der Waals surface area contributed by atoms with Gasteiger partial charge in [0.1, 0.15) is 11.9 Å². The molecule has 0 radical (unpaired) electrons. The topological polar surface area (TPSA) is 104 Å². The van der Waals surface area contributed by atoms with Crippen molar-refractivity contribution < 1.29 is 14.7 Å². The number of carbonyl (C=O) groups is 2. The maximum Gasteiger partial charge on any atom is 0.254 e. The molecule has 27 heavy (non-hydrogen) atoms. The van der Waals surface area contributed by atoms with Gasteiger partial charge in [-0.15, -0.1) is 0 Å². The summed E-state index contributed by atoms with van der Waals surface area (Å²) in [6, 6.07) is 5.17. The maximum atomic E-state index is 12.8. The molecule has 0 saturated heterocycles. The second-order valence-electron chi connectivity index (χ2n) is 6.70. The first kappa shape index (κ1) is 18.8. The Hall–Kier alpha value is -2.94. The first-order chi connectivity index (χ1) is 12.9. The lowest BCUT2D eigenvalue weighted by Gasteiger charge is -2.27. The number of nitrogens with one attached hydrogen (secondary N) is 1. The largest absolute Gasteiger partial charge is 0.386 e. The molecule has 3 heterocycles. The molecule has 0 fully saturated rings. The summed E-state index contributed by atoms with van der Waals surface area (Å²) < 4.78 is 1.79. The second-order valence-corrected chi connectivity index (χ2v) is 6.70.